The number of aliphatic imine (C=N–C) groups is 1. The summed E-state index contributed by atoms with van der Waals surface area (Å²) in [6.07, 6.45) is 5.19. The third-order valence-corrected chi connectivity index (χ3v) is 3.58. The normalized spacial score (nSPS) is 11.5. The number of hydrogen-bond donors (Lipinski definition) is 2. The standard InChI is InChI=1S/C18H26N4/c1-3-16-9-5-6-10-17(16)15-21-18(19-4-2)20-11-14-22-12-7-8-13-22/h5-10,12-13H,3-4,11,14-15H2,1-2H3,(H2,19,20,21). The maximum Gasteiger partial charge on any atom is 0.191 e. The van der Waals surface area contributed by atoms with Gasteiger partial charge in [0.05, 0.1) is 6.54 Å². The van der Waals surface area contributed by atoms with E-state index in [9.17, 15) is 0 Å². The molecule has 0 amide bonds. The van der Waals surface area contributed by atoms with Crippen LogP contribution < -0.4 is 10.6 Å². The van der Waals surface area contributed by atoms with Crippen molar-refractivity contribution in [2.24, 2.45) is 4.99 Å². The molecule has 4 nitrogen and oxygen atoms in total. The fourth-order valence-electron chi connectivity index (χ4n) is 2.39. The van der Waals surface area contributed by atoms with Gasteiger partial charge in [-0.3, -0.25) is 0 Å². The summed E-state index contributed by atoms with van der Waals surface area (Å²) in [4.78, 5) is 4.70. The maximum absolute atomic E-state index is 4.70. The summed E-state index contributed by atoms with van der Waals surface area (Å²) >= 11 is 0. The largest absolute Gasteiger partial charge is 0.357 e. The quantitative estimate of drug-likeness (QED) is 0.609. The molecule has 0 saturated heterocycles. The van der Waals surface area contributed by atoms with Crippen molar-refractivity contribution in [1.82, 2.24) is 15.2 Å². The van der Waals surface area contributed by atoms with Gasteiger partial charge < -0.3 is 15.2 Å². The van der Waals surface area contributed by atoms with Gasteiger partial charge in [-0.25, -0.2) is 4.99 Å². The first-order valence-electron chi connectivity index (χ1n) is 8.03. The smallest absolute Gasteiger partial charge is 0.191 e. The summed E-state index contributed by atoms with van der Waals surface area (Å²) in [6.45, 7) is 7.64. The average molecular weight is 298 g/mol. The summed E-state index contributed by atoms with van der Waals surface area (Å²) in [7, 11) is 0. The number of rotatable bonds is 7. The lowest BCUT2D eigenvalue weighted by Crippen LogP contribution is -2.38. The molecule has 0 atom stereocenters. The number of aryl methyl sites for hydroxylation is 1. The van der Waals surface area contributed by atoms with Crippen molar-refractivity contribution in [3.05, 3.63) is 59.9 Å². The van der Waals surface area contributed by atoms with Crippen molar-refractivity contribution in [1.29, 1.82) is 0 Å². The van der Waals surface area contributed by atoms with Crippen LogP contribution in [0.2, 0.25) is 0 Å². The van der Waals surface area contributed by atoms with Crippen molar-refractivity contribution < 1.29 is 0 Å². The van der Waals surface area contributed by atoms with E-state index in [0.717, 1.165) is 32.0 Å². The molecular weight excluding hydrogens is 272 g/mol. The average Bonchev–Trinajstić information content (AvgIpc) is 3.06. The van der Waals surface area contributed by atoms with Crippen LogP contribution in [0.15, 0.2) is 53.8 Å². The van der Waals surface area contributed by atoms with E-state index in [1.807, 2.05) is 12.1 Å². The minimum absolute atomic E-state index is 0.711. The first-order chi connectivity index (χ1) is 10.8. The Labute approximate surface area is 133 Å². The Balaban J connectivity index is 1.91. The molecule has 0 saturated carbocycles. The van der Waals surface area contributed by atoms with Crippen molar-refractivity contribution in [2.45, 2.75) is 33.4 Å². The Morgan fingerprint density at radius 1 is 1.00 bits per heavy atom. The van der Waals surface area contributed by atoms with Gasteiger partial charge in [-0.15, -0.1) is 0 Å². The van der Waals surface area contributed by atoms with E-state index in [4.69, 9.17) is 4.99 Å². The third kappa shape index (κ3) is 4.95. The first-order valence-corrected chi connectivity index (χ1v) is 8.03. The highest BCUT2D eigenvalue weighted by Gasteiger charge is 2.01. The van der Waals surface area contributed by atoms with Crippen LogP contribution >= 0.6 is 0 Å². The number of benzene rings is 1. The minimum atomic E-state index is 0.711. The number of guanidine groups is 1. The molecule has 0 aliphatic heterocycles. The Kier molecular flexibility index (Phi) is 6.55. The zero-order valence-electron chi connectivity index (χ0n) is 13.5. The van der Waals surface area contributed by atoms with Crippen LogP contribution in [0.3, 0.4) is 0 Å². The second kappa shape index (κ2) is 8.93. The zero-order valence-corrected chi connectivity index (χ0v) is 13.5. The minimum Gasteiger partial charge on any atom is -0.357 e. The third-order valence-electron chi connectivity index (χ3n) is 3.58. The van der Waals surface area contributed by atoms with Gasteiger partial charge in [-0.1, -0.05) is 31.2 Å². The Morgan fingerprint density at radius 2 is 1.73 bits per heavy atom. The lowest BCUT2D eigenvalue weighted by Gasteiger charge is -2.12. The van der Waals surface area contributed by atoms with Crippen LogP contribution in [0.1, 0.15) is 25.0 Å². The van der Waals surface area contributed by atoms with Crippen LogP contribution in [0.25, 0.3) is 0 Å². The molecule has 1 heterocycles. The second-order valence-electron chi connectivity index (χ2n) is 5.17. The van der Waals surface area contributed by atoms with Crippen LogP contribution in [0.4, 0.5) is 0 Å². The zero-order chi connectivity index (χ0) is 15.6. The van der Waals surface area contributed by atoms with E-state index in [1.165, 1.54) is 11.1 Å². The molecule has 1 aromatic carbocycles. The summed E-state index contributed by atoms with van der Waals surface area (Å²) in [6, 6.07) is 12.6. The molecule has 4 heteroatoms. The van der Waals surface area contributed by atoms with Crippen molar-refractivity contribution in [3.8, 4) is 0 Å². The summed E-state index contributed by atoms with van der Waals surface area (Å²) in [5, 5.41) is 6.68. The lowest BCUT2D eigenvalue weighted by atomic mass is 10.1. The predicted octanol–water partition coefficient (Wildman–Crippen LogP) is 2.81. The Bertz CT molecular complexity index is 573. The van der Waals surface area contributed by atoms with Crippen LogP contribution in [0, 0.1) is 0 Å². The van der Waals surface area contributed by atoms with Gasteiger partial charge in [0.2, 0.25) is 0 Å². The fourth-order valence-corrected chi connectivity index (χ4v) is 2.39. The lowest BCUT2D eigenvalue weighted by molar-refractivity contribution is 0.665. The summed E-state index contributed by atoms with van der Waals surface area (Å²) in [5.74, 6) is 0.876. The highest BCUT2D eigenvalue weighted by Crippen LogP contribution is 2.10. The molecule has 0 fully saturated rings. The van der Waals surface area contributed by atoms with E-state index in [2.05, 4.69) is 65.7 Å². The van der Waals surface area contributed by atoms with E-state index in [1.54, 1.807) is 0 Å². The van der Waals surface area contributed by atoms with Gasteiger partial charge in [0.15, 0.2) is 5.96 Å². The van der Waals surface area contributed by atoms with Gasteiger partial charge in [0.1, 0.15) is 0 Å². The monoisotopic (exact) mass is 298 g/mol. The van der Waals surface area contributed by atoms with Crippen LogP contribution in [-0.4, -0.2) is 23.6 Å². The van der Waals surface area contributed by atoms with E-state index in [0.29, 0.717) is 6.54 Å². The molecule has 0 aliphatic carbocycles. The molecule has 0 bridgehead atoms. The molecule has 0 unspecified atom stereocenters. The number of nitrogens with one attached hydrogen (secondary N) is 2. The van der Waals surface area contributed by atoms with E-state index in [-0.39, 0.29) is 0 Å². The predicted molar refractivity (Wildman–Crippen MR) is 93.1 cm³/mol. The maximum atomic E-state index is 4.70. The molecule has 0 radical (unpaired) electrons. The molecule has 2 aromatic rings. The highest BCUT2D eigenvalue weighted by molar-refractivity contribution is 5.79. The Hall–Kier alpha value is -2.23. The first kappa shape index (κ1) is 16.1. The van der Waals surface area contributed by atoms with Crippen molar-refractivity contribution in [2.75, 3.05) is 13.1 Å². The van der Waals surface area contributed by atoms with E-state index < -0.39 is 0 Å². The molecule has 1 aromatic heterocycles. The molecule has 2 rings (SSSR count). The summed E-state index contributed by atoms with van der Waals surface area (Å²) in [5.41, 5.74) is 2.67. The number of hydrogen-bond acceptors (Lipinski definition) is 1. The van der Waals surface area contributed by atoms with Gasteiger partial charge in [0, 0.05) is 32.0 Å². The number of nitrogens with zero attached hydrogens (tertiary/aromatic N) is 2. The van der Waals surface area contributed by atoms with Gasteiger partial charge in [-0.2, -0.15) is 0 Å². The highest BCUT2D eigenvalue weighted by atomic mass is 15.2. The molecule has 118 valence electrons. The van der Waals surface area contributed by atoms with Crippen molar-refractivity contribution in [3.63, 3.8) is 0 Å². The van der Waals surface area contributed by atoms with Gasteiger partial charge in [-0.05, 0) is 36.6 Å². The second-order valence-corrected chi connectivity index (χ2v) is 5.17. The van der Waals surface area contributed by atoms with Crippen LogP contribution in [-0.2, 0) is 19.5 Å². The number of aromatic nitrogens is 1. The SMILES string of the molecule is CCNC(=NCc1ccccc1CC)NCCn1cccc1. The van der Waals surface area contributed by atoms with Gasteiger partial charge in [0.25, 0.3) is 0 Å². The van der Waals surface area contributed by atoms with Crippen LogP contribution in [0.5, 0.6) is 0 Å². The molecule has 0 spiro atoms. The molecule has 0 aliphatic rings. The van der Waals surface area contributed by atoms with Crippen molar-refractivity contribution >= 4 is 5.96 Å². The topological polar surface area (TPSA) is 41.4 Å². The fraction of sp³-hybridized carbons (Fsp3) is 0.389. The molecule has 2 N–H and O–H groups in total. The Morgan fingerprint density at radius 3 is 2.41 bits per heavy atom. The van der Waals surface area contributed by atoms with Gasteiger partial charge >= 0.3 is 0 Å². The summed E-state index contributed by atoms with van der Waals surface area (Å²) < 4.78 is 2.16. The molecule has 22 heavy (non-hydrogen) atoms. The molecular formula is C18H26N4. The van der Waals surface area contributed by atoms with E-state index >= 15 is 0 Å².